The van der Waals surface area contributed by atoms with Crippen molar-refractivity contribution in [2.75, 3.05) is 13.2 Å². The molecule has 1 amide bonds. The lowest BCUT2D eigenvalue weighted by Crippen LogP contribution is -2.40. The number of aliphatic hydroxyl groups excluding tert-OH is 1. The van der Waals surface area contributed by atoms with E-state index in [4.69, 9.17) is 0 Å². The van der Waals surface area contributed by atoms with Crippen LogP contribution in [0.25, 0.3) is 0 Å². The Hall–Kier alpha value is -0.570. The first-order chi connectivity index (χ1) is 6.65. The van der Waals surface area contributed by atoms with E-state index in [0.717, 1.165) is 19.4 Å². The lowest BCUT2D eigenvalue weighted by Gasteiger charge is -2.25. The minimum absolute atomic E-state index is 0.0790. The maximum atomic E-state index is 11.9. The van der Waals surface area contributed by atoms with Crippen LogP contribution in [0, 0.1) is 17.8 Å². The van der Waals surface area contributed by atoms with Crippen molar-refractivity contribution in [1.29, 1.82) is 0 Å². The Labute approximate surface area is 85.1 Å². The molecule has 1 aliphatic heterocycles. The van der Waals surface area contributed by atoms with Crippen molar-refractivity contribution in [2.24, 2.45) is 17.8 Å². The highest BCUT2D eigenvalue weighted by Crippen LogP contribution is 2.41. The molecule has 3 heteroatoms. The molecule has 0 spiro atoms. The van der Waals surface area contributed by atoms with Gasteiger partial charge in [-0.2, -0.15) is 0 Å². The zero-order valence-electron chi connectivity index (χ0n) is 8.94. The van der Waals surface area contributed by atoms with E-state index >= 15 is 0 Å². The van der Waals surface area contributed by atoms with Gasteiger partial charge in [0.15, 0.2) is 0 Å². The number of carbonyl (C=O) groups is 1. The van der Waals surface area contributed by atoms with Crippen molar-refractivity contribution < 1.29 is 9.90 Å². The minimum Gasteiger partial charge on any atom is -0.394 e. The van der Waals surface area contributed by atoms with Gasteiger partial charge in [0, 0.05) is 12.5 Å². The molecule has 1 heterocycles. The summed E-state index contributed by atoms with van der Waals surface area (Å²) in [7, 11) is 0. The van der Waals surface area contributed by atoms with Gasteiger partial charge < -0.3 is 10.0 Å². The van der Waals surface area contributed by atoms with E-state index in [9.17, 15) is 9.90 Å². The third kappa shape index (κ3) is 1.54. The molecule has 80 valence electrons. The number of aliphatic hydroxyl groups is 1. The zero-order chi connectivity index (χ0) is 10.3. The first kappa shape index (κ1) is 9.97. The maximum Gasteiger partial charge on any atom is 0.226 e. The molecular weight excluding hydrogens is 178 g/mol. The van der Waals surface area contributed by atoms with E-state index in [1.54, 1.807) is 0 Å². The number of amides is 1. The summed E-state index contributed by atoms with van der Waals surface area (Å²) in [5.41, 5.74) is 0. The van der Waals surface area contributed by atoms with E-state index in [2.05, 4.69) is 13.8 Å². The van der Waals surface area contributed by atoms with Gasteiger partial charge in [-0.05, 0) is 24.7 Å². The van der Waals surface area contributed by atoms with Gasteiger partial charge in [-0.3, -0.25) is 4.79 Å². The fourth-order valence-corrected chi connectivity index (χ4v) is 2.44. The van der Waals surface area contributed by atoms with Gasteiger partial charge in [0.2, 0.25) is 5.91 Å². The number of carbonyl (C=O) groups excluding carboxylic acids is 1. The highest BCUT2D eigenvalue weighted by atomic mass is 16.3. The Bertz CT molecular complexity index is 241. The van der Waals surface area contributed by atoms with Crippen molar-refractivity contribution in [3.63, 3.8) is 0 Å². The third-order valence-electron chi connectivity index (χ3n) is 3.78. The monoisotopic (exact) mass is 197 g/mol. The van der Waals surface area contributed by atoms with E-state index < -0.39 is 0 Å². The molecule has 1 aliphatic carbocycles. The van der Waals surface area contributed by atoms with Crippen LogP contribution in [0.15, 0.2) is 0 Å². The van der Waals surface area contributed by atoms with Crippen LogP contribution < -0.4 is 0 Å². The topological polar surface area (TPSA) is 40.5 Å². The Balaban J connectivity index is 2.00. The smallest absolute Gasteiger partial charge is 0.226 e. The molecule has 14 heavy (non-hydrogen) atoms. The fourth-order valence-electron chi connectivity index (χ4n) is 2.44. The molecule has 4 atom stereocenters. The molecule has 1 N–H and O–H groups in total. The van der Waals surface area contributed by atoms with E-state index in [1.807, 2.05) is 4.90 Å². The van der Waals surface area contributed by atoms with Crippen LogP contribution in [0.1, 0.15) is 26.7 Å². The van der Waals surface area contributed by atoms with Crippen LogP contribution in [-0.4, -0.2) is 35.1 Å². The summed E-state index contributed by atoms with van der Waals surface area (Å²) in [5, 5.41) is 9.23. The summed E-state index contributed by atoms with van der Waals surface area (Å²) in [4.78, 5) is 13.8. The molecule has 1 saturated heterocycles. The van der Waals surface area contributed by atoms with Crippen LogP contribution in [0.3, 0.4) is 0 Å². The number of rotatable bonds is 2. The second kappa shape index (κ2) is 3.54. The molecule has 2 rings (SSSR count). The van der Waals surface area contributed by atoms with Crippen LogP contribution in [0.2, 0.25) is 0 Å². The van der Waals surface area contributed by atoms with Crippen molar-refractivity contribution in [2.45, 2.75) is 32.7 Å². The summed E-state index contributed by atoms with van der Waals surface area (Å²) in [5.74, 6) is 1.56. The Morgan fingerprint density at radius 1 is 1.43 bits per heavy atom. The second-order valence-electron chi connectivity index (χ2n) is 4.87. The highest BCUT2D eigenvalue weighted by Gasteiger charge is 2.45. The van der Waals surface area contributed by atoms with Gasteiger partial charge in [-0.1, -0.05) is 13.8 Å². The first-order valence-corrected chi connectivity index (χ1v) is 5.56. The van der Waals surface area contributed by atoms with Crippen LogP contribution >= 0.6 is 0 Å². The molecule has 0 bridgehead atoms. The molecule has 2 aliphatic rings. The maximum absolute atomic E-state index is 11.9. The summed E-state index contributed by atoms with van der Waals surface area (Å²) >= 11 is 0. The fraction of sp³-hybridized carbons (Fsp3) is 0.909. The molecule has 3 nitrogen and oxygen atoms in total. The largest absolute Gasteiger partial charge is 0.394 e. The molecule has 0 radical (unpaired) electrons. The Morgan fingerprint density at radius 3 is 2.57 bits per heavy atom. The van der Waals surface area contributed by atoms with Crippen molar-refractivity contribution in [1.82, 2.24) is 4.90 Å². The summed E-state index contributed by atoms with van der Waals surface area (Å²) in [6.45, 7) is 5.20. The van der Waals surface area contributed by atoms with Gasteiger partial charge in [0.1, 0.15) is 0 Å². The standard InChI is InChI=1S/C11H19NO2/c1-7-3-4-12(10(7)6-13)11(14)9-5-8(9)2/h7-10,13H,3-6H2,1-2H3. The molecule has 0 aromatic carbocycles. The van der Waals surface area contributed by atoms with E-state index in [1.165, 1.54) is 0 Å². The molecule has 0 aromatic rings. The highest BCUT2D eigenvalue weighted by molar-refractivity contribution is 5.82. The molecule has 1 saturated carbocycles. The predicted octanol–water partition coefficient (Wildman–Crippen LogP) is 0.872. The summed E-state index contributed by atoms with van der Waals surface area (Å²) < 4.78 is 0. The average Bonchev–Trinajstić information content (AvgIpc) is 2.76. The Morgan fingerprint density at radius 2 is 2.07 bits per heavy atom. The quantitative estimate of drug-likeness (QED) is 0.713. The first-order valence-electron chi connectivity index (χ1n) is 5.56. The van der Waals surface area contributed by atoms with Gasteiger partial charge in [0.25, 0.3) is 0 Å². The van der Waals surface area contributed by atoms with Crippen LogP contribution in [0.5, 0.6) is 0 Å². The molecular formula is C11H19NO2. The van der Waals surface area contributed by atoms with Crippen molar-refractivity contribution >= 4 is 5.91 Å². The van der Waals surface area contributed by atoms with Crippen molar-refractivity contribution in [3.8, 4) is 0 Å². The predicted molar refractivity (Wildman–Crippen MR) is 53.6 cm³/mol. The lowest BCUT2D eigenvalue weighted by atomic mass is 10.0. The minimum atomic E-state index is 0.0790. The summed E-state index contributed by atoms with van der Waals surface area (Å²) in [6, 6.07) is 0.0790. The Kier molecular flexibility index (Phi) is 2.52. The zero-order valence-corrected chi connectivity index (χ0v) is 8.94. The van der Waals surface area contributed by atoms with Gasteiger partial charge in [-0.15, -0.1) is 0 Å². The van der Waals surface area contributed by atoms with Crippen LogP contribution in [0.4, 0.5) is 0 Å². The normalized spacial score (nSPS) is 41.5. The lowest BCUT2D eigenvalue weighted by molar-refractivity contribution is -0.134. The SMILES string of the molecule is CC1CC1C(=O)N1CCC(C)C1CO. The average molecular weight is 197 g/mol. The number of nitrogens with zero attached hydrogens (tertiary/aromatic N) is 1. The number of likely N-dealkylation sites (tertiary alicyclic amines) is 1. The molecule has 4 unspecified atom stereocenters. The van der Waals surface area contributed by atoms with Gasteiger partial charge >= 0.3 is 0 Å². The molecule has 2 fully saturated rings. The third-order valence-corrected chi connectivity index (χ3v) is 3.78. The van der Waals surface area contributed by atoms with Gasteiger partial charge in [0.05, 0.1) is 12.6 Å². The summed E-state index contributed by atoms with van der Waals surface area (Å²) in [6.07, 6.45) is 2.08. The number of hydrogen-bond donors (Lipinski definition) is 1. The van der Waals surface area contributed by atoms with Gasteiger partial charge in [-0.25, -0.2) is 0 Å². The molecule has 0 aromatic heterocycles. The second-order valence-corrected chi connectivity index (χ2v) is 4.87. The van der Waals surface area contributed by atoms with Crippen molar-refractivity contribution in [3.05, 3.63) is 0 Å². The van der Waals surface area contributed by atoms with E-state index in [0.29, 0.717) is 11.8 Å². The number of hydrogen-bond acceptors (Lipinski definition) is 2. The van der Waals surface area contributed by atoms with E-state index in [-0.39, 0.29) is 24.5 Å². The van der Waals surface area contributed by atoms with Crippen LogP contribution in [-0.2, 0) is 4.79 Å².